The fourth-order valence-corrected chi connectivity index (χ4v) is 5.47. The number of aliphatic imine (C=N–C) groups is 1. The molecule has 3 aromatic rings. The van der Waals surface area contributed by atoms with Crippen molar-refractivity contribution in [1.29, 1.82) is 0 Å². The number of ketones is 1. The Bertz CT molecular complexity index is 1660. The van der Waals surface area contributed by atoms with E-state index in [0.717, 1.165) is 44.2 Å². The molecule has 234 valence electrons. The van der Waals surface area contributed by atoms with Crippen LogP contribution in [0.25, 0.3) is 16.4 Å². The average molecular weight is 616 g/mol. The first-order valence-corrected chi connectivity index (χ1v) is 15.0. The molecule has 1 unspecified atom stereocenters. The third kappa shape index (κ3) is 8.68. The number of fused-ring (bicyclic) bond motifs is 5. The maximum atomic E-state index is 14.9. The van der Waals surface area contributed by atoms with Gasteiger partial charge in [-0.15, -0.1) is 6.08 Å². The van der Waals surface area contributed by atoms with Crippen molar-refractivity contribution in [3.8, 4) is 11.5 Å². The summed E-state index contributed by atoms with van der Waals surface area (Å²) in [5, 5.41) is 11.8. The molecule has 1 fully saturated rings. The van der Waals surface area contributed by atoms with Gasteiger partial charge in [-0.2, -0.15) is 6.08 Å². The number of hydrogen-bond acceptors (Lipinski definition) is 8. The second kappa shape index (κ2) is 16.3. The molecule has 2 aromatic heterocycles. The van der Waals surface area contributed by atoms with Crippen molar-refractivity contribution in [3.63, 3.8) is 0 Å². The number of halogens is 1. The summed E-state index contributed by atoms with van der Waals surface area (Å²) >= 11 is 0. The minimum atomic E-state index is -0.644. The van der Waals surface area contributed by atoms with Crippen LogP contribution >= 0.6 is 0 Å². The van der Waals surface area contributed by atoms with E-state index in [0.29, 0.717) is 59.5 Å². The van der Waals surface area contributed by atoms with E-state index in [4.69, 9.17) is 26.4 Å². The topological polar surface area (TPSA) is 124 Å². The van der Waals surface area contributed by atoms with Crippen molar-refractivity contribution >= 4 is 46.7 Å². The minimum absolute atomic E-state index is 0. The molecule has 46 heavy (non-hydrogen) atoms. The smallest absolute Gasteiger partial charge is 0.577 e. The Hall–Kier alpha value is -4.33. The molecular formula is C34H35FLiN7O3-2. The van der Waals surface area contributed by atoms with E-state index in [9.17, 15) is 9.18 Å². The molecule has 0 aliphatic carbocycles. The van der Waals surface area contributed by atoms with Gasteiger partial charge in [0.05, 0.1) is 12.1 Å². The van der Waals surface area contributed by atoms with Crippen molar-refractivity contribution in [1.82, 2.24) is 15.0 Å². The maximum absolute atomic E-state index is 14.9. The van der Waals surface area contributed by atoms with Crippen LogP contribution < -0.4 is 38.6 Å². The molecule has 2 aliphatic heterocycles. The van der Waals surface area contributed by atoms with Crippen molar-refractivity contribution in [2.24, 2.45) is 22.7 Å². The third-order valence-corrected chi connectivity index (χ3v) is 7.80. The van der Waals surface area contributed by atoms with Gasteiger partial charge in [-0.1, -0.05) is 19.9 Å². The van der Waals surface area contributed by atoms with Gasteiger partial charge in [0.1, 0.15) is 17.6 Å². The summed E-state index contributed by atoms with van der Waals surface area (Å²) in [5.74, 6) is 2.57. The predicted molar refractivity (Wildman–Crippen MR) is 174 cm³/mol. The maximum Gasteiger partial charge on any atom is 1.00 e. The number of carbonyl (C=O) groups excluding carboxylic acids is 1. The van der Waals surface area contributed by atoms with Crippen LogP contribution in [0.15, 0.2) is 65.6 Å². The van der Waals surface area contributed by atoms with Gasteiger partial charge in [-0.3, -0.25) is 11.4 Å². The number of piperidine rings is 1. The van der Waals surface area contributed by atoms with Gasteiger partial charge in [0.15, 0.2) is 29.0 Å². The number of allylic oxidation sites excluding steroid dienone is 4. The van der Waals surface area contributed by atoms with Crippen molar-refractivity contribution in [3.05, 3.63) is 78.5 Å². The molecule has 2 aliphatic rings. The quantitative estimate of drug-likeness (QED) is 0.0590. The normalized spacial score (nSPS) is 17.7. The second-order valence-electron chi connectivity index (χ2n) is 11.5. The van der Waals surface area contributed by atoms with E-state index in [2.05, 4.69) is 45.2 Å². The minimum Gasteiger partial charge on any atom is -0.577 e. The Morgan fingerprint density at radius 1 is 1.35 bits per heavy atom. The summed E-state index contributed by atoms with van der Waals surface area (Å²) in [5.41, 5.74) is 1.54. The molecule has 2 atom stereocenters. The Balaban J connectivity index is 0.00000480. The first kappa shape index (κ1) is 34.5. The van der Waals surface area contributed by atoms with Crippen LogP contribution in [-0.2, 0) is 4.79 Å². The van der Waals surface area contributed by atoms with Gasteiger partial charge in [0.25, 0.3) is 0 Å². The number of benzene rings is 1. The summed E-state index contributed by atoms with van der Waals surface area (Å²) < 4.78 is 26.7. The number of nitrogens with one attached hydrogen (secondary N) is 1. The van der Waals surface area contributed by atoms with E-state index in [-0.39, 0.29) is 42.1 Å². The van der Waals surface area contributed by atoms with Gasteiger partial charge >= 0.3 is 18.9 Å². The van der Waals surface area contributed by atoms with Gasteiger partial charge in [0.2, 0.25) is 0 Å². The molecule has 1 N–H and O–H groups in total. The molecule has 0 amide bonds. The molecule has 5 rings (SSSR count). The van der Waals surface area contributed by atoms with Crippen molar-refractivity contribution in [2.75, 3.05) is 29.9 Å². The summed E-state index contributed by atoms with van der Waals surface area (Å²) in [6, 6.07) is 6.21. The number of pyridine rings is 1. The number of nitrogens with zero attached hydrogens (tertiary/aromatic N) is 6. The number of rotatable bonds is 13. The Kier molecular flexibility index (Phi) is 12.2. The number of aromatic nitrogens is 3. The zero-order valence-corrected chi connectivity index (χ0v) is 26.3. The first-order valence-electron chi connectivity index (χ1n) is 15.0. The molecule has 4 heterocycles. The summed E-state index contributed by atoms with van der Waals surface area (Å²) in [6.07, 6.45) is 13.7. The summed E-state index contributed by atoms with van der Waals surface area (Å²) in [6.45, 7) is 11.9. The number of anilines is 3. The van der Waals surface area contributed by atoms with Crippen LogP contribution in [-0.4, -0.2) is 53.0 Å². The molecule has 0 saturated carbocycles. The zero-order chi connectivity index (χ0) is 31.8. The van der Waals surface area contributed by atoms with Gasteiger partial charge in [-0.05, 0) is 49.3 Å². The molecular weight excluding hydrogens is 580 g/mol. The first-order chi connectivity index (χ1) is 21.8. The summed E-state index contributed by atoms with van der Waals surface area (Å²) in [4.78, 5) is 31.8. The van der Waals surface area contributed by atoms with Crippen LogP contribution in [0, 0.1) is 30.1 Å². The standard InChI is InChI=1S/C34H35FN7O3.Li/c1-4-27(12-14-37-20-36)45-30-11-9-25(16-28(30)35)40-33-32-29(38-21-39-33)17-31-34(41-32)42-15-13-23(24(18-42)19-44-31)8-10-26(43)7-5-6-22(2)3;/h1,4-5,7,9,11-12,16-17,20-24H,6,8,10,13,15,18-19H2,2-3H3,(H,38,39,40);/q-3;+1/b7-5+,27-12+;/t23?,24-;/m0./s1. The zero-order valence-electron chi connectivity index (χ0n) is 26.3. The second-order valence-corrected chi connectivity index (χ2v) is 11.5. The van der Waals surface area contributed by atoms with Crippen LogP contribution in [0.4, 0.5) is 21.7 Å². The number of carbonyl (C=O) groups is 1. The predicted octanol–water partition coefficient (Wildman–Crippen LogP) is 3.50. The Morgan fingerprint density at radius 2 is 2.20 bits per heavy atom. The number of ether oxygens (including phenoxy) is 2. The van der Waals surface area contributed by atoms with Crippen molar-refractivity contribution < 1.29 is 37.5 Å². The monoisotopic (exact) mass is 615 g/mol. The molecule has 1 saturated heterocycles. The average Bonchev–Trinajstić information content (AvgIpc) is 3.16. The van der Waals surface area contributed by atoms with Gasteiger partial charge < -0.3 is 30.1 Å². The van der Waals surface area contributed by atoms with E-state index in [1.165, 1.54) is 24.5 Å². The van der Waals surface area contributed by atoms with Gasteiger partial charge in [-0.25, -0.2) is 31.9 Å². The van der Waals surface area contributed by atoms with Crippen molar-refractivity contribution in [2.45, 2.75) is 39.5 Å². The largest absolute Gasteiger partial charge is 1.00 e. The molecule has 12 heteroatoms. The SMILES string of the molecule is [CH-]=C/C(=C\[C-]=NC=[N-])Oc1ccc(Nc2ncnc3cc4c(nc23)N2CCC(CCC(=O)/C=C/CC(C)C)[C@H](CO4)C2)cc1F.[Li+]. The van der Waals surface area contributed by atoms with Crippen LogP contribution in [0.3, 0.4) is 0 Å². The van der Waals surface area contributed by atoms with E-state index in [1.54, 1.807) is 12.1 Å². The third-order valence-electron chi connectivity index (χ3n) is 7.80. The van der Waals surface area contributed by atoms with Crippen LogP contribution in [0.2, 0.25) is 0 Å². The Labute approximate surface area is 280 Å². The molecule has 10 nitrogen and oxygen atoms in total. The number of hydrogen-bond donors (Lipinski definition) is 1. The fraction of sp³-hybridized carbons (Fsp3) is 0.353. The van der Waals surface area contributed by atoms with Gasteiger partial charge in [0, 0.05) is 49.0 Å². The van der Waals surface area contributed by atoms with Crippen LogP contribution in [0.5, 0.6) is 11.5 Å². The Morgan fingerprint density at radius 3 is 2.96 bits per heavy atom. The molecule has 1 aromatic carbocycles. The van der Waals surface area contributed by atoms with E-state index in [1.807, 2.05) is 12.1 Å². The molecule has 0 spiro atoms. The van der Waals surface area contributed by atoms with E-state index >= 15 is 0 Å². The fourth-order valence-electron chi connectivity index (χ4n) is 5.47. The molecule has 2 bridgehead atoms. The summed E-state index contributed by atoms with van der Waals surface area (Å²) in [7, 11) is 0. The van der Waals surface area contributed by atoms with Crippen LogP contribution in [0.1, 0.15) is 39.5 Å². The van der Waals surface area contributed by atoms with E-state index < -0.39 is 5.82 Å². The molecule has 0 radical (unpaired) electrons.